The molecule has 0 amide bonds. The molecular formula is C31H24Cl2Ti-2. The Hall–Kier alpha value is -2.74. The van der Waals surface area contributed by atoms with Gasteiger partial charge in [0.05, 0.1) is 0 Å². The average Bonchev–Trinajstić information content (AvgIpc) is 3.50. The number of hydrogen-bond donors (Lipinski definition) is 0. The molecule has 0 unspecified atom stereocenters. The molecule has 0 radical (unpaired) electrons. The Morgan fingerprint density at radius 1 is 0.500 bits per heavy atom. The van der Waals surface area contributed by atoms with Crippen molar-refractivity contribution in [3.63, 3.8) is 0 Å². The molecule has 0 N–H and O–H groups in total. The number of rotatable bonds is 2. The molecule has 6 rings (SSSR count). The molecular weight excluding hydrogens is 491 g/mol. The predicted molar refractivity (Wildman–Crippen MR) is 149 cm³/mol. The van der Waals surface area contributed by atoms with Crippen LogP contribution in [0.1, 0.15) is 0 Å². The van der Waals surface area contributed by atoms with Crippen molar-refractivity contribution < 1.29 is 15.3 Å². The van der Waals surface area contributed by atoms with Crippen molar-refractivity contribution in [1.82, 2.24) is 0 Å². The fraction of sp³-hybridized carbons (Fsp3) is 0. The van der Waals surface area contributed by atoms with E-state index in [9.17, 15) is 0 Å². The minimum atomic E-state index is -1.64. The third-order valence-electron chi connectivity index (χ3n) is 5.45. The van der Waals surface area contributed by atoms with E-state index in [0.29, 0.717) is 0 Å². The fourth-order valence-electron chi connectivity index (χ4n) is 3.90. The van der Waals surface area contributed by atoms with E-state index in [2.05, 4.69) is 126 Å². The van der Waals surface area contributed by atoms with E-state index in [0.717, 1.165) is 0 Å². The summed E-state index contributed by atoms with van der Waals surface area (Å²) >= 11 is -1.64. The van der Waals surface area contributed by atoms with Gasteiger partial charge in [0.2, 0.25) is 0 Å². The smallest absolute Gasteiger partial charge is 0.0635 e. The summed E-state index contributed by atoms with van der Waals surface area (Å²) in [6.07, 6.45) is 0. The van der Waals surface area contributed by atoms with Crippen molar-refractivity contribution in [3.05, 3.63) is 133 Å². The maximum absolute atomic E-state index is 5.10. The zero-order valence-corrected chi connectivity index (χ0v) is 21.7. The molecule has 0 bridgehead atoms. The Balaban J connectivity index is 0.000000140. The number of fused-ring (bicyclic) bond motifs is 2. The summed E-state index contributed by atoms with van der Waals surface area (Å²) in [5.74, 6) is 0. The Morgan fingerprint density at radius 2 is 0.824 bits per heavy atom. The van der Waals surface area contributed by atoms with Gasteiger partial charge in [-0.3, -0.25) is 0 Å². The molecule has 0 aromatic heterocycles. The monoisotopic (exact) mass is 514 g/mol. The van der Waals surface area contributed by atoms with Crippen LogP contribution >= 0.6 is 18.6 Å². The summed E-state index contributed by atoms with van der Waals surface area (Å²) in [7, 11) is 10.2. The number of hydrogen-bond acceptors (Lipinski definition) is 0. The summed E-state index contributed by atoms with van der Waals surface area (Å²) < 4.78 is 0. The molecule has 0 spiro atoms. The minimum absolute atomic E-state index is 1.29. The van der Waals surface area contributed by atoms with Crippen LogP contribution in [0, 0.1) is 0 Å². The van der Waals surface area contributed by atoms with Crippen molar-refractivity contribution >= 4 is 45.0 Å². The van der Waals surface area contributed by atoms with Crippen LogP contribution in [0.5, 0.6) is 0 Å². The average molecular weight is 515 g/mol. The molecule has 168 valence electrons. The molecule has 0 atom stereocenters. The molecule has 0 saturated heterocycles. The third-order valence-corrected chi connectivity index (χ3v) is 5.45. The van der Waals surface area contributed by atoms with E-state index in [1.54, 1.807) is 0 Å². The summed E-state index contributed by atoms with van der Waals surface area (Å²) in [6.45, 7) is 0. The largest absolute Gasteiger partial charge is 0.145 e. The van der Waals surface area contributed by atoms with Gasteiger partial charge in [-0.2, -0.15) is 0 Å². The van der Waals surface area contributed by atoms with E-state index in [-0.39, 0.29) is 0 Å². The first-order chi connectivity index (χ1) is 16.6. The van der Waals surface area contributed by atoms with Gasteiger partial charge in [0, 0.05) is 0 Å². The van der Waals surface area contributed by atoms with Gasteiger partial charge in [-0.15, -0.1) is 69.1 Å². The summed E-state index contributed by atoms with van der Waals surface area (Å²) in [6, 6.07) is 46.9. The van der Waals surface area contributed by atoms with Gasteiger partial charge in [-0.1, -0.05) is 108 Å². The van der Waals surface area contributed by atoms with Crippen LogP contribution in [-0.2, 0) is 15.3 Å². The van der Waals surface area contributed by atoms with E-state index < -0.39 is 15.3 Å². The minimum Gasteiger partial charge on any atom is -0.145 e. The zero-order valence-electron chi connectivity index (χ0n) is 18.7. The first-order valence-electron chi connectivity index (χ1n) is 11.0. The Labute approximate surface area is 214 Å². The van der Waals surface area contributed by atoms with Crippen LogP contribution in [0.4, 0.5) is 0 Å². The van der Waals surface area contributed by atoms with Crippen LogP contribution in [0.25, 0.3) is 43.8 Å². The van der Waals surface area contributed by atoms with Crippen molar-refractivity contribution in [2.45, 2.75) is 0 Å². The SMILES string of the molecule is [CH2]=[Ti]([Cl])[Cl].c1ccc(-c2cc3ccccc3[cH-]2)cc1.c1ccc(-c2cc3ccccc3[cH-]2)cc1. The quantitative estimate of drug-likeness (QED) is 0.159. The third kappa shape index (κ3) is 6.66. The van der Waals surface area contributed by atoms with Gasteiger partial charge < -0.3 is 0 Å². The summed E-state index contributed by atoms with van der Waals surface area (Å²) in [4.78, 5) is 3.34. The van der Waals surface area contributed by atoms with Crippen molar-refractivity contribution in [1.29, 1.82) is 0 Å². The molecule has 6 aromatic carbocycles. The van der Waals surface area contributed by atoms with Crippen LogP contribution in [0.3, 0.4) is 0 Å². The maximum Gasteiger partial charge on any atom is -0.0635 e. The fourth-order valence-corrected chi connectivity index (χ4v) is 3.90. The van der Waals surface area contributed by atoms with Crippen LogP contribution in [0.2, 0.25) is 0 Å². The molecule has 6 aromatic rings. The van der Waals surface area contributed by atoms with Crippen LogP contribution in [0.15, 0.2) is 133 Å². The molecule has 0 heterocycles. The molecule has 0 aliphatic carbocycles. The molecule has 0 fully saturated rings. The van der Waals surface area contributed by atoms with Crippen molar-refractivity contribution in [2.24, 2.45) is 0 Å². The first-order valence-corrected chi connectivity index (χ1v) is 16.4. The van der Waals surface area contributed by atoms with Gasteiger partial charge in [0.15, 0.2) is 0 Å². The molecule has 0 aliphatic heterocycles. The van der Waals surface area contributed by atoms with E-state index >= 15 is 0 Å². The second kappa shape index (κ2) is 12.1. The second-order valence-corrected chi connectivity index (χ2v) is 13.4. The van der Waals surface area contributed by atoms with Crippen molar-refractivity contribution in [2.75, 3.05) is 0 Å². The molecule has 0 nitrogen and oxygen atoms in total. The van der Waals surface area contributed by atoms with Gasteiger partial charge in [-0.05, 0) is 0 Å². The molecule has 0 aliphatic rings. The Kier molecular flexibility index (Phi) is 8.69. The maximum atomic E-state index is 5.10. The van der Waals surface area contributed by atoms with Gasteiger partial charge in [-0.25, -0.2) is 0 Å². The zero-order chi connectivity index (χ0) is 23.8. The Bertz CT molecular complexity index is 1300. The first kappa shape index (κ1) is 24.4. The van der Waals surface area contributed by atoms with Gasteiger partial charge >= 0.3 is 38.7 Å². The summed E-state index contributed by atoms with van der Waals surface area (Å²) in [5, 5.41) is 5.26. The van der Waals surface area contributed by atoms with Crippen LogP contribution in [-0.4, -0.2) is 4.82 Å². The van der Waals surface area contributed by atoms with E-state index in [4.69, 9.17) is 18.6 Å². The Morgan fingerprint density at radius 3 is 1.18 bits per heavy atom. The van der Waals surface area contributed by atoms with Crippen LogP contribution < -0.4 is 0 Å². The number of benzene rings is 4. The van der Waals surface area contributed by atoms with Gasteiger partial charge in [0.1, 0.15) is 0 Å². The molecule has 0 saturated carbocycles. The number of halogens is 2. The predicted octanol–water partition coefficient (Wildman–Crippen LogP) is 9.80. The summed E-state index contributed by atoms with van der Waals surface area (Å²) in [5.41, 5.74) is 5.18. The normalized spacial score (nSPS) is 10.2. The second-order valence-electron chi connectivity index (χ2n) is 7.82. The topological polar surface area (TPSA) is 0 Å². The van der Waals surface area contributed by atoms with E-state index in [1.165, 1.54) is 43.8 Å². The molecule has 34 heavy (non-hydrogen) atoms. The van der Waals surface area contributed by atoms with Gasteiger partial charge in [0.25, 0.3) is 0 Å². The van der Waals surface area contributed by atoms with E-state index in [1.807, 2.05) is 12.1 Å². The standard InChI is InChI=1S/2C15H11.CH2.2ClH.Ti/c2*1-2-6-12(7-3-1)15-10-13-8-4-5-9-14(13)11-15;;;;/h2*1-11H;1H2;2*1H;/q2*-1;;;;+2/p-2. The van der Waals surface area contributed by atoms with Crippen molar-refractivity contribution in [3.8, 4) is 22.3 Å². The molecule has 3 heteroatoms.